The van der Waals surface area contributed by atoms with Gasteiger partial charge in [0.2, 0.25) is 0 Å². The van der Waals surface area contributed by atoms with Crippen LogP contribution in [0.4, 0.5) is 5.69 Å². The van der Waals surface area contributed by atoms with Crippen molar-refractivity contribution in [1.29, 1.82) is 0 Å². The molecule has 1 aromatic heterocycles. The van der Waals surface area contributed by atoms with Crippen LogP contribution in [0.15, 0.2) is 47.2 Å². The summed E-state index contributed by atoms with van der Waals surface area (Å²) in [5, 5.41) is 5.24. The molecule has 2 rings (SSSR count). The Hall–Kier alpha value is -2.21. The molecule has 2 aromatic rings. The van der Waals surface area contributed by atoms with Crippen LogP contribution in [0.1, 0.15) is 20.7 Å². The number of halogens is 1. The summed E-state index contributed by atoms with van der Waals surface area (Å²) in [6.45, 7) is 0. The molecule has 5 nitrogen and oxygen atoms in total. The Labute approximate surface area is 124 Å². The lowest BCUT2D eigenvalue weighted by atomic mass is 10.1. The standard InChI is InChI=1S/C14H12BrN3O2/c1-16-14(20)11-4-2-3-5-12(11)18-13(19)9-6-10(15)8-17-7-9/h2-8H,1H3,(H,16,20)(H,18,19). The molecule has 0 unspecified atom stereocenters. The van der Waals surface area contributed by atoms with E-state index in [9.17, 15) is 9.59 Å². The lowest BCUT2D eigenvalue weighted by molar-refractivity contribution is 0.0964. The quantitative estimate of drug-likeness (QED) is 0.906. The van der Waals surface area contributed by atoms with Gasteiger partial charge < -0.3 is 10.6 Å². The van der Waals surface area contributed by atoms with Gasteiger partial charge in [-0.3, -0.25) is 14.6 Å². The minimum atomic E-state index is -0.324. The molecule has 20 heavy (non-hydrogen) atoms. The van der Waals surface area contributed by atoms with E-state index in [1.807, 2.05) is 0 Å². The monoisotopic (exact) mass is 333 g/mol. The van der Waals surface area contributed by atoms with E-state index in [-0.39, 0.29) is 11.8 Å². The van der Waals surface area contributed by atoms with Gasteiger partial charge in [0.1, 0.15) is 0 Å². The number of carbonyl (C=O) groups is 2. The maximum Gasteiger partial charge on any atom is 0.257 e. The number of aromatic nitrogens is 1. The van der Waals surface area contributed by atoms with E-state index in [4.69, 9.17) is 0 Å². The van der Waals surface area contributed by atoms with Crippen LogP contribution in [0, 0.1) is 0 Å². The van der Waals surface area contributed by atoms with E-state index in [2.05, 4.69) is 31.5 Å². The second-order valence-corrected chi connectivity index (χ2v) is 4.89. The smallest absolute Gasteiger partial charge is 0.257 e. The first-order valence-corrected chi connectivity index (χ1v) is 6.64. The Morgan fingerprint density at radius 2 is 1.90 bits per heavy atom. The molecule has 1 heterocycles. The van der Waals surface area contributed by atoms with Crippen molar-refractivity contribution in [1.82, 2.24) is 10.3 Å². The van der Waals surface area contributed by atoms with E-state index in [0.717, 1.165) is 0 Å². The molecule has 0 fully saturated rings. The van der Waals surface area contributed by atoms with Gasteiger partial charge in [-0.2, -0.15) is 0 Å². The van der Waals surface area contributed by atoms with Gasteiger partial charge in [0, 0.05) is 23.9 Å². The van der Waals surface area contributed by atoms with Crippen molar-refractivity contribution in [3.05, 3.63) is 58.3 Å². The molecule has 1 aromatic carbocycles. The molecular formula is C14H12BrN3O2. The number of anilines is 1. The second kappa shape index (κ2) is 6.29. The fraction of sp³-hybridized carbons (Fsp3) is 0.0714. The SMILES string of the molecule is CNC(=O)c1ccccc1NC(=O)c1cncc(Br)c1. The molecule has 0 bridgehead atoms. The lowest BCUT2D eigenvalue weighted by Gasteiger charge is -2.10. The minimum absolute atomic E-state index is 0.256. The molecular weight excluding hydrogens is 322 g/mol. The summed E-state index contributed by atoms with van der Waals surface area (Å²) >= 11 is 3.26. The van der Waals surface area contributed by atoms with Gasteiger partial charge in [-0.05, 0) is 34.1 Å². The van der Waals surface area contributed by atoms with E-state index < -0.39 is 0 Å². The summed E-state index contributed by atoms with van der Waals surface area (Å²) < 4.78 is 0.713. The predicted octanol–water partition coefficient (Wildman–Crippen LogP) is 2.46. The number of nitrogens with zero attached hydrogens (tertiary/aromatic N) is 1. The lowest BCUT2D eigenvalue weighted by Crippen LogP contribution is -2.21. The number of benzene rings is 1. The Kier molecular flexibility index (Phi) is 4.47. The highest BCUT2D eigenvalue weighted by Gasteiger charge is 2.13. The Bertz CT molecular complexity index is 658. The number of rotatable bonds is 3. The van der Waals surface area contributed by atoms with Crippen LogP contribution >= 0.6 is 15.9 Å². The molecule has 0 saturated carbocycles. The first-order valence-electron chi connectivity index (χ1n) is 5.85. The molecule has 2 amide bonds. The summed E-state index contributed by atoms with van der Waals surface area (Å²) in [7, 11) is 1.54. The van der Waals surface area contributed by atoms with Gasteiger partial charge >= 0.3 is 0 Å². The molecule has 0 aliphatic carbocycles. The van der Waals surface area contributed by atoms with E-state index in [1.165, 1.54) is 6.20 Å². The van der Waals surface area contributed by atoms with Crippen molar-refractivity contribution in [2.24, 2.45) is 0 Å². The molecule has 2 N–H and O–H groups in total. The number of para-hydroxylation sites is 1. The van der Waals surface area contributed by atoms with Gasteiger partial charge in [0.15, 0.2) is 0 Å². The fourth-order valence-electron chi connectivity index (χ4n) is 1.66. The Morgan fingerprint density at radius 1 is 1.15 bits per heavy atom. The molecule has 0 saturated heterocycles. The largest absolute Gasteiger partial charge is 0.355 e. The average Bonchev–Trinajstić information content (AvgIpc) is 2.47. The summed E-state index contributed by atoms with van der Waals surface area (Å²) in [6, 6.07) is 8.47. The van der Waals surface area contributed by atoms with Crippen LogP contribution in [0.5, 0.6) is 0 Å². The third-order valence-corrected chi connectivity index (χ3v) is 3.05. The Balaban J connectivity index is 2.26. The number of nitrogens with one attached hydrogen (secondary N) is 2. The molecule has 0 atom stereocenters. The highest BCUT2D eigenvalue weighted by molar-refractivity contribution is 9.10. The normalized spacial score (nSPS) is 9.90. The average molecular weight is 334 g/mol. The topological polar surface area (TPSA) is 71.1 Å². The van der Waals surface area contributed by atoms with Gasteiger partial charge in [0.25, 0.3) is 11.8 Å². The molecule has 102 valence electrons. The second-order valence-electron chi connectivity index (χ2n) is 3.97. The van der Waals surface area contributed by atoms with Crippen molar-refractivity contribution < 1.29 is 9.59 Å². The van der Waals surface area contributed by atoms with Gasteiger partial charge in [0.05, 0.1) is 16.8 Å². The van der Waals surface area contributed by atoms with Crippen LogP contribution in [0.25, 0.3) is 0 Å². The van der Waals surface area contributed by atoms with Crippen LogP contribution in [0.3, 0.4) is 0 Å². The summed E-state index contributed by atoms with van der Waals surface area (Å²) in [6.07, 6.45) is 3.05. The Morgan fingerprint density at radius 3 is 2.60 bits per heavy atom. The zero-order valence-electron chi connectivity index (χ0n) is 10.7. The van der Waals surface area contributed by atoms with Gasteiger partial charge in [-0.25, -0.2) is 0 Å². The number of hydrogen-bond donors (Lipinski definition) is 2. The maximum absolute atomic E-state index is 12.1. The van der Waals surface area contributed by atoms with E-state index in [0.29, 0.717) is 21.3 Å². The maximum atomic E-state index is 12.1. The number of carbonyl (C=O) groups excluding carboxylic acids is 2. The number of pyridine rings is 1. The van der Waals surface area contributed by atoms with Crippen LogP contribution in [-0.2, 0) is 0 Å². The van der Waals surface area contributed by atoms with E-state index in [1.54, 1.807) is 43.6 Å². The van der Waals surface area contributed by atoms with E-state index >= 15 is 0 Å². The third kappa shape index (κ3) is 3.21. The molecule has 0 aliphatic heterocycles. The number of amides is 2. The van der Waals surface area contributed by atoms with Crippen molar-refractivity contribution in [2.45, 2.75) is 0 Å². The summed E-state index contributed by atoms with van der Waals surface area (Å²) in [5.41, 5.74) is 1.27. The molecule has 0 aliphatic rings. The zero-order chi connectivity index (χ0) is 14.5. The third-order valence-electron chi connectivity index (χ3n) is 2.61. The van der Waals surface area contributed by atoms with Crippen LogP contribution in [-0.4, -0.2) is 23.8 Å². The van der Waals surface area contributed by atoms with Crippen molar-refractivity contribution >= 4 is 33.4 Å². The van der Waals surface area contributed by atoms with Crippen LogP contribution in [0.2, 0.25) is 0 Å². The van der Waals surface area contributed by atoms with Gasteiger partial charge in [-0.1, -0.05) is 12.1 Å². The van der Waals surface area contributed by atoms with Crippen molar-refractivity contribution in [2.75, 3.05) is 12.4 Å². The zero-order valence-corrected chi connectivity index (χ0v) is 12.3. The number of hydrogen-bond acceptors (Lipinski definition) is 3. The van der Waals surface area contributed by atoms with Crippen molar-refractivity contribution in [3.63, 3.8) is 0 Å². The highest BCUT2D eigenvalue weighted by Crippen LogP contribution is 2.17. The fourth-order valence-corrected chi connectivity index (χ4v) is 2.02. The first kappa shape index (κ1) is 14.2. The summed E-state index contributed by atoms with van der Waals surface area (Å²) in [5.74, 6) is -0.580. The molecule has 6 heteroatoms. The molecule has 0 radical (unpaired) electrons. The summed E-state index contributed by atoms with van der Waals surface area (Å²) in [4.78, 5) is 27.8. The van der Waals surface area contributed by atoms with Crippen molar-refractivity contribution in [3.8, 4) is 0 Å². The van der Waals surface area contributed by atoms with Gasteiger partial charge in [-0.15, -0.1) is 0 Å². The predicted molar refractivity (Wildman–Crippen MR) is 79.7 cm³/mol. The molecule has 0 spiro atoms. The highest BCUT2D eigenvalue weighted by atomic mass is 79.9. The first-order chi connectivity index (χ1) is 9.61. The van der Waals surface area contributed by atoms with Crippen LogP contribution < -0.4 is 10.6 Å². The minimum Gasteiger partial charge on any atom is -0.355 e.